The molecule has 0 spiro atoms. The molecular formula is C12H19NO2. The number of rotatable bonds is 1. The molecule has 0 heterocycles. The molecule has 3 nitrogen and oxygen atoms in total. The maximum atomic E-state index is 12.2. The van der Waals surface area contributed by atoms with Gasteiger partial charge in [-0.2, -0.15) is 0 Å². The Balaban J connectivity index is 2.34. The van der Waals surface area contributed by atoms with E-state index in [9.17, 15) is 9.59 Å². The van der Waals surface area contributed by atoms with E-state index in [1.54, 1.807) is 0 Å². The summed E-state index contributed by atoms with van der Waals surface area (Å²) in [6.07, 6.45) is 2.03. The van der Waals surface area contributed by atoms with Gasteiger partial charge in [0.2, 0.25) is 5.91 Å². The Morgan fingerprint density at radius 3 is 2.40 bits per heavy atom. The molecule has 0 radical (unpaired) electrons. The summed E-state index contributed by atoms with van der Waals surface area (Å²) in [6.45, 7) is 7.85. The number of carbonyl (C=O) groups excluding carboxylic acids is 2. The van der Waals surface area contributed by atoms with Crippen LogP contribution in [0.25, 0.3) is 0 Å². The van der Waals surface area contributed by atoms with Crippen molar-refractivity contribution in [2.75, 3.05) is 0 Å². The van der Waals surface area contributed by atoms with Gasteiger partial charge in [0, 0.05) is 12.3 Å². The van der Waals surface area contributed by atoms with Crippen LogP contribution < -0.4 is 5.32 Å². The van der Waals surface area contributed by atoms with Gasteiger partial charge in [-0.25, -0.2) is 0 Å². The summed E-state index contributed by atoms with van der Waals surface area (Å²) in [6, 6.07) is -0.240. The number of Topliss-reactive ketones (excluding diaryl/α,β-unsaturated/α-hetero) is 1. The molecule has 2 rings (SSSR count). The van der Waals surface area contributed by atoms with Crippen molar-refractivity contribution >= 4 is 11.7 Å². The van der Waals surface area contributed by atoms with Crippen molar-refractivity contribution in [2.24, 2.45) is 16.7 Å². The summed E-state index contributed by atoms with van der Waals surface area (Å²) in [5.74, 6) is 0.457. The highest BCUT2D eigenvalue weighted by Gasteiger charge is 2.66. The van der Waals surface area contributed by atoms with Crippen molar-refractivity contribution in [3.05, 3.63) is 0 Å². The molecule has 15 heavy (non-hydrogen) atoms. The number of nitrogens with one attached hydrogen (secondary N) is 1. The molecule has 0 aromatic carbocycles. The zero-order valence-corrected chi connectivity index (χ0v) is 9.89. The normalized spacial score (nSPS) is 42.0. The van der Waals surface area contributed by atoms with Crippen LogP contribution in [0, 0.1) is 16.7 Å². The molecule has 1 N–H and O–H groups in total. The van der Waals surface area contributed by atoms with Crippen molar-refractivity contribution < 1.29 is 9.59 Å². The second-order valence-corrected chi connectivity index (χ2v) is 5.74. The summed E-state index contributed by atoms with van der Waals surface area (Å²) >= 11 is 0. The van der Waals surface area contributed by atoms with E-state index in [0.29, 0.717) is 5.92 Å². The van der Waals surface area contributed by atoms with E-state index < -0.39 is 0 Å². The van der Waals surface area contributed by atoms with E-state index in [0.717, 1.165) is 12.8 Å². The largest absolute Gasteiger partial charge is 0.346 e. The Hall–Kier alpha value is -0.860. The monoisotopic (exact) mass is 209 g/mol. The lowest BCUT2D eigenvalue weighted by Crippen LogP contribution is -2.45. The van der Waals surface area contributed by atoms with E-state index in [2.05, 4.69) is 26.1 Å². The zero-order valence-electron chi connectivity index (χ0n) is 9.89. The van der Waals surface area contributed by atoms with Crippen molar-refractivity contribution in [3.8, 4) is 0 Å². The number of hydrogen-bond acceptors (Lipinski definition) is 2. The predicted molar refractivity (Wildman–Crippen MR) is 57.2 cm³/mol. The minimum Gasteiger partial charge on any atom is -0.346 e. The number of carbonyl (C=O) groups is 2. The molecule has 0 saturated heterocycles. The standard InChI is InChI=1S/C12H19NO2/c1-7(14)13-9-8-5-6-12(4,10(9)15)11(8,2)3/h8-9H,5-6H2,1-4H3,(H,13,14)/t8-,9+,12+/m0/s1. The molecule has 2 fully saturated rings. The average molecular weight is 209 g/mol. The molecule has 0 unspecified atom stereocenters. The Kier molecular flexibility index (Phi) is 2.01. The van der Waals surface area contributed by atoms with Crippen molar-refractivity contribution in [3.63, 3.8) is 0 Å². The van der Waals surface area contributed by atoms with E-state index >= 15 is 0 Å². The van der Waals surface area contributed by atoms with Crippen LogP contribution in [-0.2, 0) is 9.59 Å². The first-order chi connectivity index (χ1) is 6.80. The molecule has 1 amide bonds. The number of fused-ring (bicyclic) bond motifs is 2. The van der Waals surface area contributed by atoms with Gasteiger partial charge in [0.15, 0.2) is 5.78 Å². The van der Waals surface area contributed by atoms with E-state index in [1.807, 2.05) is 0 Å². The van der Waals surface area contributed by atoms with Crippen LogP contribution in [0.5, 0.6) is 0 Å². The molecule has 3 atom stereocenters. The van der Waals surface area contributed by atoms with Crippen molar-refractivity contribution in [1.82, 2.24) is 5.32 Å². The highest BCUT2D eigenvalue weighted by molar-refractivity contribution is 5.96. The third kappa shape index (κ3) is 1.12. The Morgan fingerprint density at radius 2 is 2.00 bits per heavy atom. The molecule has 2 aliphatic rings. The van der Waals surface area contributed by atoms with Crippen LogP contribution in [0.3, 0.4) is 0 Å². The fourth-order valence-electron chi connectivity index (χ4n) is 3.47. The van der Waals surface area contributed by atoms with Crippen LogP contribution in [0.1, 0.15) is 40.5 Å². The number of hydrogen-bond donors (Lipinski definition) is 1. The fraction of sp³-hybridized carbons (Fsp3) is 0.833. The second-order valence-electron chi connectivity index (χ2n) is 5.74. The third-order valence-corrected chi connectivity index (χ3v) is 4.89. The number of ketones is 1. The predicted octanol–water partition coefficient (Wildman–Crippen LogP) is 1.52. The van der Waals surface area contributed by atoms with Gasteiger partial charge in [0.1, 0.15) is 0 Å². The molecule has 0 aliphatic heterocycles. The van der Waals surface area contributed by atoms with Gasteiger partial charge in [-0.1, -0.05) is 20.8 Å². The van der Waals surface area contributed by atoms with Gasteiger partial charge >= 0.3 is 0 Å². The topological polar surface area (TPSA) is 46.2 Å². The van der Waals surface area contributed by atoms with Gasteiger partial charge in [0.25, 0.3) is 0 Å². The molecule has 2 aliphatic carbocycles. The quantitative estimate of drug-likeness (QED) is 0.711. The average Bonchev–Trinajstić information content (AvgIpc) is 2.40. The molecule has 0 aromatic heterocycles. The maximum Gasteiger partial charge on any atom is 0.217 e. The summed E-state index contributed by atoms with van der Waals surface area (Å²) < 4.78 is 0. The lowest BCUT2D eigenvalue weighted by atomic mass is 9.70. The Bertz CT molecular complexity index is 335. The van der Waals surface area contributed by atoms with Crippen LogP contribution in [0.2, 0.25) is 0 Å². The van der Waals surface area contributed by atoms with Gasteiger partial charge in [-0.05, 0) is 24.2 Å². The number of amides is 1. The molecule has 84 valence electrons. The fourth-order valence-corrected chi connectivity index (χ4v) is 3.47. The smallest absolute Gasteiger partial charge is 0.217 e. The molecule has 2 saturated carbocycles. The Morgan fingerprint density at radius 1 is 1.40 bits per heavy atom. The lowest BCUT2D eigenvalue weighted by molar-refractivity contribution is -0.132. The molecule has 0 aromatic rings. The third-order valence-electron chi connectivity index (χ3n) is 4.89. The minimum atomic E-state index is -0.240. The van der Waals surface area contributed by atoms with Gasteiger partial charge in [-0.15, -0.1) is 0 Å². The van der Waals surface area contributed by atoms with Gasteiger partial charge in [-0.3, -0.25) is 9.59 Å². The van der Waals surface area contributed by atoms with Crippen molar-refractivity contribution in [2.45, 2.75) is 46.6 Å². The highest BCUT2D eigenvalue weighted by atomic mass is 16.2. The van der Waals surface area contributed by atoms with E-state index in [-0.39, 0.29) is 28.6 Å². The van der Waals surface area contributed by atoms with Crippen LogP contribution in [0.15, 0.2) is 0 Å². The summed E-state index contributed by atoms with van der Waals surface area (Å²) in [5.41, 5.74) is -0.206. The lowest BCUT2D eigenvalue weighted by Gasteiger charge is -2.32. The van der Waals surface area contributed by atoms with Gasteiger partial charge < -0.3 is 5.32 Å². The molecule has 2 bridgehead atoms. The molecule has 3 heteroatoms. The Labute approximate surface area is 90.6 Å². The van der Waals surface area contributed by atoms with Crippen molar-refractivity contribution in [1.29, 1.82) is 0 Å². The summed E-state index contributed by atoms with van der Waals surface area (Å²) in [5, 5.41) is 2.82. The maximum absolute atomic E-state index is 12.2. The highest BCUT2D eigenvalue weighted by Crippen LogP contribution is 2.63. The van der Waals surface area contributed by atoms with Crippen LogP contribution in [0.4, 0.5) is 0 Å². The summed E-state index contributed by atoms with van der Waals surface area (Å²) in [7, 11) is 0. The van der Waals surface area contributed by atoms with E-state index in [4.69, 9.17) is 0 Å². The molecular weight excluding hydrogens is 190 g/mol. The SMILES string of the molecule is CC(=O)N[C@H]1C(=O)[C@@]2(C)CC[C@@H]1C2(C)C. The second kappa shape index (κ2) is 2.83. The van der Waals surface area contributed by atoms with Gasteiger partial charge in [0.05, 0.1) is 6.04 Å². The minimum absolute atomic E-state index is 0.0250. The first-order valence-corrected chi connectivity index (χ1v) is 5.62. The first kappa shape index (κ1) is 10.7. The first-order valence-electron chi connectivity index (χ1n) is 5.62. The van der Waals surface area contributed by atoms with Crippen LogP contribution in [-0.4, -0.2) is 17.7 Å². The summed E-state index contributed by atoms with van der Waals surface area (Å²) in [4.78, 5) is 23.3. The van der Waals surface area contributed by atoms with E-state index in [1.165, 1.54) is 6.92 Å². The van der Waals surface area contributed by atoms with Crippen LogP contribution >= 0.6 is 0 Å². The zero-order chi connectivity index (χ0) is 11.4.